The summed E-state index contributed by atoms with van der Waals surface area (Å²) in [7, 11) is -4.26. The minimum atomic E-state index is -4.26. The van der Waals surface area contributed by atoms with Gasteiger partial charge in [0, 0.05) is 0 Å². The van der Waals surface area contributed by atoms with Crippen molar-refractivity contribution in [3.63, 3.8) is 0 Å². The minimum absolute atomic E-state index is 0.158. The van der Waals surface area contributed by atoms with Gasteiger partial charge in [-0.2, -0.15) is 0 Å². The zero-order valence-electron chi connectivity index (χ0n) is 13.5. The highest BCUT2D eigenvalue weighted by molar-refractivity contribution is 7.46. The van der Waals surface area contributed by atoms with Crippen molar-refractivity contribution in [2.45, 2.75) is 84.0 Å². The molecule has 0 atom stereocenters. The van der Waals surface area contributed by atoms with Gasteiger partial charge in [-0.1, -0.05) is 64.0 Å². The Labute approximate surface area is 130 Å². The van der Waals surface area contributed by atoms with Crippen LogP contribution in [0.15, 0.2) is 12.2 Å². The molecule has 0 fully saturated rings. The molecule has 0 rings (SSSR count). The second kappa shape index (κ2) is 14.8. The highest BCUT2D eigenvalue weighted by Gasteiger charge is 2.12. The Hall–Kier alpha value is -0.150. The zero-order chi connectivity index (χ0) is 15.8. The van der Waals surface area contributed by atoms with Crippen LogP contribution >= 0.6 is 7.82 Å². The molecule has 0 radical (unpaired) electrons. The van der Waals surface area contributed by atoms with Gasteiger partial charge in [-0.3, -0.25) is 4.52 Å². The molecule has 0 saturated heterocycles. The summed E-state index contributed by atoms with van der Waals surface area (Å²) in [5.74, 6) is 0. The lowest BCUT2D eigenvalue weighted by Gasteiger charge is -2.04. The fourth-order valence-electron chi connectivity index (χ4n) is 2.18. The van der Waals surface area contributed by atoms with E-state index in [1.807, 2.05) is 0 Å². The first kappa shape index (κ1) is 20.9. The summed E-state index contributed by atoms with van der Waals surface area (Å²) in [4.78, 5) is 17.0. The van der Waals surface area contributed by atoms with Crippen LogP contribution in [-0.4, -0.2) is 16.4 Å². The van der Waals surface area contributed by atoms with Crippen LogP contribution in [0.25, 0.3) is 0 Å². The first-order valence-electron chi connectivity index (χ1n) is 8.41. The Morgan fingerprint density at radius 1 is 0.810 bits per heavy atom. The highest BCUT2D eigenvalue weighted by atomic mass is 31.2. The molecule has 0 aromatic heterocycles. The number of hydrogen-bond donors (Lipinski definition) is 2. The third-order valence-electron chi connectivity index (χ3n) is 3.42. The maximum Gasteiger partial charge on any atom is 0.469 e. The molecule has 0 heterocycles. The second-order valence-electron chi connectivity index (χ2n) is 5.55. The predicted octanol–water partition coefficient (Wildman–Crippen LogP) is 5.35. The Morgan fingerprint density at radius 3 is 1.81 bits per heavy atom. The lowest BCUT2D eigenvalue weighted by molar-refractivity contribution is 0.193. The fraction of sp³-hybridized carbons (Fsp3) is 0.875. The van der Waals surface area contributed by atoms with Crippen molar-refractivity contribution in [3.05, 3.63) is 12.2 Å². The summed E-state index contributed by atoms with van der Waals surface area (Å²) < 4.78 is 14.8. The van der Waals surface area contributed by atoms with E-state index in [4.69, 9.17) is 9.79 Å². The van der Waals surface area contributed by atoms with Crippen LogP contribution in [-0.2, 0) is 9.09 Å². The normalized spacial score (nSPS) is 12.3. The van der Waals surface area contributed by atoms with Crippen LogP contribution in [0, 0.1) is 0 Å². The zero-order valence-corrected chi connectivity index (χ0v) is 14.4. The topological polar surface area (TPSA) is 66.8 Å². The van der Waals surface area contributed by atoms with Crippen molar-refractivity contribution in [3.8, 4) is 0 Å². The van der Waals surface area contributed by atoms with E-state index in [-0.39, 0.29) is 6.61 Å². The average Bonchev–Trinajstić information content (AvgIpc) is 2.42. The van der Waals surface area contributed by atoms with Crippen LogP contribution in [0.4, 0.5) is 0 Å². The van der Waals surface area contributed by atoms with Crippen molar-refractivity contribution in [2.24, 2.45) is 0 Å². The van der Waals surface area contributed by atoms with Crippen molar-refractivity contribution in [1.82, 2.24) is 0 Å². The summed E-state index contributed by atoms with van der Waals surface area (Å²) in [5, 5.41) is 0. The summed E-state index contributed by atoms with van der Waals surface area (Å²) in [6.07, 6.45) is 18.8. The number of hydrogen-bond acceptors (Lipinski definition) is 2. The van der Waals surface area contributed by atoms with Crippen LogP contribution in [0.1, 0.15) is 84.0 Å². The fourth-order valence-corrected chi connectivity index (χ4v) is 2.55. The van der Waals surface area contributed by atoms with Crippen LogP contribution in [0.3, 0.4) is 0 Å². The van der Waals surface area contributed by atoms with E-state index in [2.05, 4.69) is 23.6 Å². The van der Waals surface area contributed by atoms with Crippen LogP contribution in [0.2, 0.25) is 0 Å². The summed E-state index contributed by atoms with van der Waals surface area (Å²) in [6.45, 7) is 2.39. The lowest BCUT2D eigenvalue weighted by atomic mass is 10.1. The van der Waals surface area contributed by atoms with Gasteiger partial charge in [0.2, 0.25) is 0 Å². The molecule has 21 heavy (non-hydrogen) atoms. The standard InChI is InChI=1S/C16H33O4P/c1-2-3-4-5-6-7-8-9-10-11-12-13-14-15-16-20-21(17,18)19/h7-8H,2-6,9-16H2,1H3,(H2,17,18,19). The van der Waals surface area contributed by atoms with Gasteiger partial charge in [0.05, 0.1) is 6.61 Å². The first-order valence-corrected chi connectivity index (χ1v) is 9.94. The molecular weight excluding hydrogens is 287 g/mol. The van der Waals surface area contributed by atoms with Gasteiger partial charge >= 0.3 is 7.82 Å². The van der Waals surface area contributed by atoms with Gasteiger partial charge in [0.15, 0.2) is 0 Å². The van der Waals surface area contributed by atoms with Gasteiger partial charge in [0.1, 0.15) is 0 Å². The molecule has 0 bridgehead atoms. The third-order valence-corrected chi connectivity index (χ3v) is 3.93. The molecule has 0 aliphatic carbocycles. The Bertz CT molecular complexity index is 286. The predicted molar refractivity (Wildman–Crippen MR) is 88.2 cm³/mol. The second-order valence-corrected chi connectivity index (χ2v) is 6.79. The Balaban J connectivity index is 3.12. The molecule has 5 heteroatoms. The lowest BCUT2D eigenvalue weighted by Crippen LogP contribution is -1.92. The number of allylic oxidation sites excluding steroid dienone is 2. The van der Waals surface area contributed by atoms with E-state index in [9.17, 15) is 4.57 Å². The average molecular weight is 320 g/mol. The van der Waals surface area contributed by atoms with E-state index in [0.29, 0.717) is 0 Å². The maximum absolute atomic E-state index is 10.4. The van der Waals surface area contributed by atoms with E-state index in [0.717, 1.165) is 19.3 Å². The van der Waals surface area contributed by atoms with Gasteiger partial charge in [-0.25, -0.2) is 4.57 Å². The van der Waals surface area contributed by atoms with Crippen molar-refractivity contribution in [1.29, 1.82) is 0 Å². The number of phosphoric ester groups is 1. The van der Waals surface area contributed by atoms with Crippen LogP contribution in [0.5, 0.6) is 0 Å². The molecule has 126 valence electrons. The van der Waals surface area contributed by atoms with E-state index >= 15 is 0 Å². The molecule has 4 nitrogen and oxygen atoms in total. The van der Waals surface area contributed by atoms with Gasteiger partial charge in [-0.15, -0.1) is 0 Å². The number of phosphoric acid groups is 1. The maximum atomic E-state index is 10.4. The summed E-state index contributed by atoms with van der Waals surface area (Å²) in [6, 6.07) is 0. The molecule has 0 aliphatic rings. The molecular formula is C16H33O4P. The molecule has 0 saturated carbocycles. The smallest absolute Gasteiger partial charge is 0.303 e. The largest absolute Gasteiger partial charge is 0.469 e. The molecule has 0 unspecified atom stereocenters. The van der Waals surface area contributed by atoms with Gasteiger partial charge < -0.3 is 9.79 Å². The molecule has 0 spiro atoms. The molecule has 0 amide bonds. The van der Waals surface area contributed by atoms with E-state index in [1.165, 1.54) is 57.8 Å². The third kappa shape index (κ3) is 19.9. The van der Waals surface area contributed by atoms with Gasteiger partial charge in [-0.05, 0) is 32.1 Å². The van der Waals surface area contributed by atoms with E-state index < -0.39 is 7.82 Å². The van der Waals surface area contributed by atoms with E-state index in [1.54, 1.807) is 0 Å². The number of unbranched alkanes of at least 4 members (excludes halogenated alkanes) is 10. The summed E-state index contributed by atoms with van der Waals surface area (Å²) >= 11 is 0. The Kier molecular flexibility index (Phi) is 14.7. The van der Waals surface area contributed by atoms with Gasteiger partial charge in [0.25, 0.3) is 0 Å². The highest BCUT2D eigenvalue weighted by Crippen LogP contribution is 2.35. The SMILES string of the molecule is CCCCCCC=CCCCCCCCCOP(=O)(O)O. The molecule has 0 aliphatic heterocycles. The first-order chi connectivity index (χ1) is 10.1. The minimum Gasteiger partial charge on any atom is -0.303 e. The number of rotatable bonds is 15. The van der Waals surface area contributed by atoms with Crippen LogP contribution < -0.4 is 0 Å². The molecule has 2 N–H and O–H groups in total. The quantitative estimate of drug-likeness (QED) is 0.242. The molecule has 0 aromatic rings. The Morgan fingerprint density at radius 2 is 1.29 bits per heavy atom. The summed E-state index contributed by atoms with van der Waals surface area (Å²) in [5.41, 5.74) is 0. The van der Waals surface area contributed by atoms with Crippen molar-refractivity contribution < 1.29 is 18.9 Å². The van der Waals surface area contributed by atoms with Crippen molar-refractivity contribution in [2.75, 3.05) is 6.61 Å². The molecule has 0 aromatic carbocycles. The van der Waals surface area contributed by atoms with Crippen molar-refractivity contribution >= 4 is 7.82 Å². The monoisotopic (exact) mass is 320 g/mol.